The van der Waals surface area contributed by atoms with Crippen molar-refractivity contribution in [2.75, 3.05) is 11.5 Å². The van der Waals surface area contributed by atoms with Crippen LogP contribution in [0, 0.1) is 11.3 Å². The Bertz CT molecular complexity index is 202. The first-order valence-electron chi connectivity index (χ1n) is 2.73. The third-order valence-electron chi connectivity index (χ3n) is 1.21. The van der Waals surface area contributed by atoms with E-state index in [1.54, 1.807) is 0 Å². The molecule has 3 heteroatoms. The molecule has 1 rings (SSSR count). The molecule has 0 spiro atoms. The van der Waals surface area contributed by atoms with Crippen molar-refractivity contribution < 1.29 is 4.21 Å². The molecule has 0 aliphatic carbocycles. The average molecular weight is 141 g/mol. The van der Waals surface area contributed by atoms with Gasteiger partial charge in [0.15, 0.2) is 0 Å². The third-order valence-corrected chi connectivity index (χ3v) is 2.44. The summed E-state index contributed by atoms with van der Waals surface area (Å²) in [4.78, 5) is 0. The van der Waals surface area contributed by atoms with E-state index in [-0.39, 0.29) is 0 Å². The van der Waals surface area contributed by atoms with Gasteiger partial charge in [-0.1, -0.05) is 6.08 Å². The maximum atomic E-state index is 10.7. The first-order chi connectivity index (χ1) is 4.33. The molecule has 0 aromatic heterocycles. The van der Waals surface area contributed by atoms with Crippen molar-refractivity contribution >= 4 is 10.8 Å². The molecule has 0 fully saturated rings. The Morgan fingerprint density at radius 3 is 3.11 bits per heavy atom. The summed E-state index contributed by atoms with van der Waals surface area (Å²) in [5.41, 5.74) is 1.04. The van der Waals surface area contributed by atoms with Crippen LogP contribution in [0.1, 0.15) is 6.42 Å². The minimum absolute atomic E-state index is 0.450. The molecule has 0 aromatic rings. The van der Waals surface area contributed by atoms with Crippen LogP contribution in [-0.2, 0) is 10.8 Å². The van der Waals surface area contributed by atoms with Gasteiger partial charge in [0.05, 0.1) is 12.5 Å². The molecule has 1 heterocycles. The molecule has 0 saturated carbocycles. The van der Waals surface area contributed by atoms with Gasteiger partial charge in [-0.3, -0.25) is 4.21 Å². The highest BCUT2D eigenvalue weighted by Gasteiger charge is 2.09. The van der Waals surface area contributed by atoms with Gasteiger partial charge >= 0.3 is 0 Å². The van der Waals surface area contributed by atoms with Gasteiger partial charge in [-0.15, -0.1) is 0 Å². The van der Waals surface area contributed by atoms with Crippen LogP contribution < -0.4 is 0 Å². The zero-order valence-electron chi connectivity index (χ0n) is 4.96. The minimum atomic E-state index is -0.698. The van der Waals surface area contributed by atoms with Crippen LogP contribution in [0.25, 0.3) is 0 Å². The largest absolute Gasteiger partial charge is 0.259 e. The highest BCUT2D eigenvalue weighted by molar-refractivity contribution is 7.85. The molecule has 1 aliphatic rings. The van der Waals surface area contributed by atoms with E-state index >= 15 is 0 Å². The van der Waals surface area contributed by atoms with Gasteiger partial charge in [-0.2, -0.15) is 5.26 Å². The van der Waals surface area contributed by atoms with E-state index in [1.807, 2.05) is 12.1 Å². The molecule has 9 heavy (non-hydrogen) atoms. The summed E-state index contributed by atoms with van der Waals surface area (Å²) in [6.45, 7) is 0. The van der Waals surface area contributed by atoms with Crippen LogP contribution in [0.15, 0.2) is 11.6 Å². The molecule has 1 aliphatic heterocycles. The van der Waals surface area contributed by atoms with E-state index in [0.29, 0.717) is 17.9 Å². The summed E-state index contributed by atoms with van der Waals surface area (Å²) in [5.74, 6) is 1.27. The minimum Gasteiger partial charge on any atom is -0.259 e. The maximum Gasteiger partial charge on any atom is 0.0666 e. The lowest BCUT2D eigenvalue weighted by Gasteiger charge is -1.87. The maximum absolute atomic E-state index is 10.7. The highest BCUT2D eigenvalue weighted by atomic mass is 32.2. The topological polar surface area (TPSA) is 40.9 Å². The number of nitrogens with zero attached hydrogens (tertiary/aromatic N) is 1. The lowest BCUT2D eigenvalue weighted by atomic mass is 10.2. The van der Waals surface area contributed by atoms with Crippen LogP contribution in [0.5, 0.6) is 0 Å². The van der Waals surface area contributed by atoms with E-state index in [2.05, 4.69) is 0 Å². The second kappa shape index (κ2) is 2.79. The zero-order chi connectivity index (χ0) is 6.69. The Balaban J connectivity index is 2.47. The molecule has 0 bridgehead atoms. The number of rotatable bonds is 1. The van der Waals surface area contributed by atoms with Crippen molar-refractivity contribution in [2.24, 2.45) is 0 Å². The molecule has 48 valence electrons. The van der Waals surface area contributed by atoms with Gasteiger partial charge in [0.1, 0.15) is 0 Å². The Kier molecular flexibility index (Phi) is 2.01. The smallest absolute Gasteiger partial charge is 0.0666 e. The molecular weight excluding hydrogens is 134 g/mol. The Hall–Kier alpha value is -0.620. The monoisotopic (exact) mass is 141 g/mol. The van der Waals surface area contributed by atoms with Crippen molar-refractivity contribution in [2.45, 2.75) is 6.42 Å². The summed E-state index contributed by atoms with van der Waals surface area (Å²) >= 11 is 0. The van der Waals surface area contributed by atoms with Crippen molar-refractivity contribution in [3.63, 3.8) is 0 Å². The highest BCUT2D eigenvalue weighted by Crippen LogP contribution is 2.09. The molecular formula is C6H7NOS. The van der Waals surface area contributed by atoms with Gasteiger partial charge in [0.25, 0.3) is 0 Å². The van der Waals surface area contributed by atoms with E-state index in [4.69, 9.17) is 5.26 Å². The molecule has 0 amide bonds. The van der Waals surface area contributed by atoms with E-state index in [1.165, 1.54) is 0 Å². The molecule has 0 N–H and O–H groups in total. The van der Waals surface area contributed by atoms with E-state index < -0.39 is 10.8 Å². The fourth-order valence-electron chi connectivity index (χ4n) is 0.760. The SMILES string of the molecule is N#CCC1=CCS(=O)C1. The number of nitriles is 1. The normalized spacial score (nSPS) is 25.2. The predicted molar refractivity (Wildman–Crippen MR) is 36.2 cm³/mol. The van der Waals surface area contributed by atoms with Gasteiger partial charge in [-0.05, 0) is 5.57 Å². The van der Waals surface area contributed by atoms with E-state index in [9.17, 15) is 4.21 Å². The first-order valence-corrected chi connectivity index (χ1v) is 4.21. The summed E-state index contributed by atoms with van der Waals surface area (Å²) < 4.78 is 10.7. The molecule has 0 saturated heterocycles. The number of hydrogen-bond donors (Lipinski definition) is 0. The Morgan fingerprint density at radius 1 is 1.89 bits per heavy atom. The zero-order valence-corrected chi connectivity index (χ0v) is 5.78. The van der Waals surface area contributed by atoms with Crippen molar-refractivity contribution in [1.82, 2.24) is 0 Å². The van der Waals surface area contributed by atoms with Gasteiger partial charge in [0.2, 0.25) is 0 Å². The Labute approximate surface area is 56.6 Å². The summed E-state index contributed by atoms with van der Waals surface area (Å²) in [6, 6.07) is 2.03. The molecule has 1 atom stereocenters. The summed E-state index contributed by atoms with van der Waals surface area (Å²) in [6.07, 6.45) is 2.35. The van der Waals surface area contributed by atoms with Crippen LogP contribution in [0.2, 0.25) is 0 Å². The van der Waals surface area contributed by atoms with Crippen molar-refractivity contribution in [1.29, 1.82) is 5.26 Å². The van der Waals surface area contributed by atoms with Crippen LogP contribution in [-0.4, -0.2) is 15.7 Å². The Morgan fingerprint density at radius 2 is 2.67 bits per heavy atom. The lowest BCUT2D eigenvalue weighted by Crippen LogP contribution is -1.91. The summed E-state index contributed by atoms with van der Waals surface area (Å²) in [5, 5.41) is 8.22. The van der Waals surface area contributed by atoms with Crippen LogP contribution in [0.4, 0.5) is 0 Å². The predicted octanol–water partition coefficient (Wildman–Crippen LogP) is 0.589. The third kappa shape index (κ3) is 1.65. The first kappa shape index (κ1) is 6.50. The number of hydrogen-bond acceptors (Lipinski definition) is 2. The quantitative estimate of drug-likeness (QED) is 0.501. The van der Waals surface area contributed by atoms with Gasteiger partial charge < -0.3 is 0 Å². The van der Waals surface area contributed by atoms with E-state index in [0.717, 1.165) is 5.57 Å². The van der Waals surface area contributed by atoms with Crippen LogP contribution in [0.3, 0.4) is 0 Å². The second-order valence-electron chi connectivity index (χ2n) is 1.95. The summed E-state index contributed by atoms with van der Waals surface area (Å²) in [7, 11) is -0.698. The lowest BCUT2D eigenvalue weighted by molar-refractivity contribution is 0.687. The standard InChI is InChI=1S/C6H7NOS/c7-3-1-6-2-4-9(8)5-6/h2H,1,4-5H2. The molecule has 1 unspecified atom stereocenters. The fourth-order valence-corrected chi connectivity index (χ4v) is 1.93. The molecule has 2 nitrogen and oxygen atoms in total. The van der Waals surface area contributed by atoms with Crippen molar-refractivity contribution in [3.05, 3.63) is 11.6 Å². The second-order valence-corrected chi connectivity index (χ2v) is 3.45. The average Bonchev–Trinajstić information content (AvgIpc) is 2.17. The van der Waals surface area contributed by atoms with Gasteiger partial charge in [0, 0.05) is 22.3 Å². The molecule has 0 radical (unpaired) electrons. The van der Waals surface area contributed by atoms with Crippen molar-refractivity contribution in [3.8, 4) is 6.07 Å². The van der Waals surface area contributed by atoms with Gasteiger partial charge in [-0.25, -0.2) is 0 Å². The molecule has 0 aromatic carbocycles. The fraction of sp³-hybridized carbons (Fsp3) is 0.500. The van der Waals surface area contributed by atoms with Crippen LogP contribution >= 0.6 is 0 Å².